The van der Waals surface area contributed by atoms with E-state index in [0.717, 1.165) is 0 Å². The third-order valence-corrected chi connectivity index (χ3v) is 4.68. The molecule has 0 saturated carbocycles. The summed E-state index contributed by atoms with van der Waals surface area (Å²) in [6.07, 6.45) is -0.230. The third kappa shape index (κ3) is 2.57. The molecule has 3 atom stereocenters. The number of carbonyl (C=O) groups excluding carboxylic acids is 1. The first-order valence-electron chi connectivity index (χ1n) is 6.67. The fraction of sp³-hybridized carbons (Fsp3) is 0.692. The van der Waals surface area contributed by atoms with Gasteiger partial charge in [-0.3, -0.25) is 4.79 Å². The van der Waals surface area contributed by atoms with Gasteiger partial charge in [0.15, 0.2) is 0 Å². The van der Waals surface area contributed by atoms with E-state index in [1.165, 1.54) is 16.7 Å². The summed E-state index contributed by atoms with van der Waals surface area (Å²) < 4.78 is 5.23. The number of carboxylic acids is 1. The van der Waals surface area contributed by atoms with Gasteiger partial charge in [-0.1, -0.05) is 0 Å². The van der Waals surface area contributed by atoms with Crippen molar-refractivity contribution in [1.29, 1.82) is 0 Å². The molecular weight excluding hydrogens is 282 g/mol. The highest BCUT2D eigenvalue weighted by Crippen LogP contribution is 2.46. The van der Waals surface area contributed by atoms with E-state index >= 15 is 0 Å². The summed E-state index contributed by atoms with van der Waals surface area (Å²) in [6, 6.07) is -0.205. The van der Waals surface area contributed by atoms with Crippen molar-refractivity contribution >= 4 is 23.6 Å². The number of carbonyl (C=O) groups is 2. The van der Waals surface area contributed by atoms with Gasteiger partial charge in [-0.15, -0.1) is 11.8 Å². The summed E-state index contributed by atoms with van der Waals surface area (Å²) in [5.41, 5.74) is 0.0819. The second-order valence-electron chi connectivity index (χ2n) is 4.87. The van der Waals surface area contributed by atoms with Gasteiger partial charge < -0.3 is 19.8 Å². The van der Waals surface area contributed by atoms with Crippen LogP contribution >= 0.6 is 11.8 Å². The van der Waals surface area contributed by atoms with Crippen molar-refractivity contribution in [1.82, 2.24) is 4.90 Å². The number of carboxylic acid groups (broad SMARTS) is 1. The van der Waals surface area contributed by atoms with E-state index in [1.54, 1.807) is 6.92 Å². The molecular formula is C13H19NO5S. The molecule has 0 bridgehead atoms. The number of ether oxygens (including phenoxy) is 1. The van der Waals surface area contributed by atoms with E-state index in [1.807, 2.05) is 6.92 Å². The van der Waals surface area contributed by atoms with E-state index < -0.39 is 18.0 Å². The highest BCUT2D eigenvalue weighted by Gasteiger charge is 2.56. The molecule has 2 aliphatic rings. The molecule has 6 nitrogen and oxygen atoms in total. The number of thioether (sulfide) groups is 1. The largest absolute Gasteiger partial charge is 0.477 e. The van der Waals surface area contributed by atoms with Gasteiger partial charge in [-0.05, 0) is 13.8 Å². The Balaban J connectivity index is 2.07. The molecule has 0 aliphatic carbocycles. The van der Waals surface area contributed by atoms with E-state index in [2.05, 4.69) is 0 Å². The molecule has 0 radical (unpaired) electrons. The van der Waals surface area contributed by atoms with E-state index in [0.29, 0.717) is 30.3 Å². The number of nitrogens with zero attached hydrogens (tertiary/aromatic N) is 1. The smallest absolute Gasteiger partial charge is 0.353 e. The summed E-state index contributed by atoms with van der Waals surface area (Å²) in [5, 5.41) is 18.9. The van der Waals surface area contributed by atoms with Crippen molar-refractivity contribution in [3.8, 4) is 0 Å². The van der Waals surface area contributed by atoms with Crippen LogP contribution in [0, 0.1) is 5.92 Å². The molecule has 20 heavy (non-hydrogen) atoms. The summed E-state index contributed by atoms with van der Waals surface area (Å²) in [4.78, 5) is 25.3. The molecule has 1 amide bonds. The van der Waals surface area contributed by atoms with Crippen molar-refractivity contribution in [2.75, 3.05) is 19.0 Å². The molecule has 0 spiro atoms. The Kier molecular flexibility index (Phi) is 4.72. The Morgan fingerprint density at radius 3 is 2.85 bits per heavy atom. The maximum atomic E-state index is 12.0. The molecule has 1 fully saturated rings. The minimum Gasteiger partial charge on any atom is -0.477 e. The lowest BCUT2D eigenvalue weighted by Crippen LogP contribution is -2.61. The molecule has 2 aliphatic heterocycles. The first kappa shape index (κ1) is 15.3. The maximum absolute atomic E-state index is 12.0. The van der Waals surface area contributed by atoms with Crippen LogP contribution in [0.3, 0.4) is 0 Å². The number of aliphatic carboxylic acids is 1. The fourth-order valence-electron chi connectivity index (χ4n) is 2.73. The second kappa shape index (κ2) is 6.15. The number of rotatable bonds is 7. The van der Waals surface area contributed by atoms with Crippen LogP contribution in [0.4, 0.5) is 0 Å². The normalized spacial score (nSPS) is 26.6. The van der Waals surface area contributed by atoms with Crippen molar-refractivity contribution in [3.05, 3.63) is 10.6 Å². The first-order valence-corrected chi connectivity index (χ1v) is 7.65. The van der Waals surface area contributed by atoms with Crippen LogP contribution in [0.15, 0.2) is 10.6 Å². The maximum Gasteiger partial charge on any atom is 0.353 e. The quantitative estimate of drug-likeness (QED) is 0.531. The Morgan fingerprint density at radius 2 is 2.30 bits per heavy atom. The Bertz CT molecular complexity index is 448. The van der Waals surface area contributed by atoms with Crippen molar-refractivity contribution in [3.63, 3.8) is 0 Å². The van der Waals surface area contributed by atoms with Gasteiger partial charge in [0.2, 0.25) is 5.91 Å². The van der Waals surface area contributed by atoms with Crippen LogP contribution in [0.25, 0.3) is 0 Å². The Labute approximate surface area is 121 Å². The summed E-state index contributed by atoms with van der Waals surface area (Å²) in [7, 11) is 0. The number of β-lactam (4-membered cyclic amide) rings is 1. The van der Waals surface area contributed by atoms with Gasteiger partial charge in [-0.2, -0.15) is 0 Å². The lowest BCUT2D eigenvalue weighted by Gasteiger charge is -2.44. The number of hydrogen-bond donors (Lipinski definition) is 2. The molecule has 2 heterocycles. The zero-order valence-corrected chi connectivity index (χ0v) is 12.4. The van der Waals surface area contributed by atoms with Crippen LogP contribution in [0.5, 0.6) is 0 Å². The molecule has 0 aromatic carbocycles. The molecule has 0 aromatic rings. The zero-order chi connectivity index (χ0) is 14.9. The Morgan fingerprint density at radius 1 is 1.60 bits per heavy atom. The summed E-state index contributed by atoms with van der Waals surface area (Å²) in [5.74, 6) is -1.19. The number of aliphatic hydroxyl groups excluding tert-OH is 1. The second-order valence-corrected chi connectivity index (χ2v) is 6.06. The van der Waals surface area contributed by atoms with Crippen LogP contribution in [-0.4, -0.2) is 58.1 Å². The summed E-state index contributed by atoms with van der Waals surface area (Å²) in [6.45, 7) is 4.65. The Hall–Kier alpha value is -1.05. The topological polar surface area (TPSA) is 87.1 Å². The van der Waals surface area contributed by atoms with Crippen LogP contribution in [-0.2, 0) is 14.3 Å². The van der Waals surface area contributed by atoms with E-state index in [4.69, 9.17) is 4.74 Å². The summed E-state index contributed by atoms with van der Waals surface area (Å²) >= 11 is 1.42. The lowest BCUT2D eigenvalue weighted by atomic mass is 9.83. The zero-order valence-electron chi connectivity index (χ0n) is 11.5. The molecule has 3 unspecified atom stereocenters. The molecule has 112 valence electrons. The lowest BCUT2D eigenvalue weighted by molar-refractivity contribution is -0.161. The average Bonchev–Trinajstić information content (AvgIpc) is 2.69. The minimum absolute atomic E-state index is 0.0819. The third-order valence-electron chi connectivity index (χ3n) is 3.60. The number of hydrogen-bond acceptors (Lipinski definition) is 5. The molecule has 1 saturated heterocycles. The van der Waals surface area contributed by atoms with Gasteiger partial charge >= 0.3 is 5.97 Å². The molecule has 2 rings (SSSR count). The standard InChI is InChI=1S/C13H19NO5S/c1-3-19-4-5-20-9-6-8-10(7(2)15)12(16)14(8)11(9)13(17)18/h7-8,10,15H,3-6H2,1-2H3,(H,17,18). The average molecular weight is 301 g/mol. The number of aliphatic hydroxyl groups is 1. The number of fused-ring (bicyclic) bond motifs is 1. The molecule has 0 aromatic heterocycles. The fourth-order valence-corrected chi connectivity index (χ4v) is 3.79. The van der Waals surface area contributed by atoms with Gasteiger partial charge in [0.1, 0.15) is 5.70 Å². The van der Waals surface area contributed by atoms with Gasteiger partial charge in [0, 0.05) is 23.7 Å². The van der Waals surface area contributed by atoms with Crippen LogP contribution in [0.1, 0.15) is 20.3 Å². The van der Waals surface area contributed by atoms with Gasteiger partial charge in [-0.25, -0.2) is 4.79 Å². The number of amides is 1. The van der Waals surface area contributed by atoms with Crippen molar-refractivity contribution in [2.24, 2.45) is 5.92 Å². The van der Waals surface area contributed by atoms with Crippen LogP contribution in [0.2, 0.25) is 0 Å². The minimum atomic E-state index is -1.08. The predicted molar refractivity (Wildman–Crippen MR) is 74.0 cm³/mol. The predicted octanol–water partition coefficient (Wildman–Crippen LogP) is 0.664. The van der Waals surface area contributed by atoms with Crippen molar-refractivity contribution < 1.29 is 24.5 Å². The monoisotopic (exact) mass is 301 g/mol. The highest BCUT2D eigenvalue weighted by atomic mass is 32.2. The van der Waals surface area contributed by atoms with E-state index in [9.17, 15) is 19.8 Å². The van der Waals surface area contributed by atoms with Gasteiger partial charge in [0.25, 0.3) is 0 Å². The van der Waals surface area contributed by atoms with Crippen LogP contribution < -0.4 is 0 Å². The van der Waals surface area contributed by atoms with E-state index in [-0.39, 0.29) is 17.6 Å². The SMILES string of the molecule is CCOCCSC1=C(C(=O)O)N2C(=O)C(C(C)O)C2C1. The van der Waals surface area contributed by atoms with Crippen molar-refractivity contribution in [2.45, 2.75) is 32.4 Å². The highest BCUT2D eigenvalue weighted by molar-refractivity contribution is 8.03. The molecule has 7 heteroatoms. The first-order chi connectivity index (χ1) is 9.49. The molecule has 2 N–H and O–H groups in total. The van der Waals surface area contributed by atoms with Gasteiger partial charge in [0.05, 0.1) is 24.7 Å².